The van der Waals surface area contributed by atoms with Gasteiger partial charge in [0.05, 0.1) is 12.7 Å². The van der Waals surface area contributed by atoms with Gasteiger partial charge in [-0.25, -0.2) is 0 Å². The molecule has 0 amide bonds. The second-order valence-electron chi connectivity index (χ2n) is 11.5. The molecule has 39 heavy (non-hydrogen) atoms. The van der Waals surface area contributed by atoms with Crippen LogP contribution < -0.4 is 4.74 Å². The molecular weight excluding hydrogens is 476 g/mol. The van der Waals surface area contributed by atoms with Crippen molar-refractivity contribution in [2.24, 2.45) is 0 Å². The number of hydrogen-bond acceptors (Lipinski definition) is 2. The molecule has 0 aliphatic heterocycles. The molecule has 2 nitrogen and oxygen atoms in total. The summed E-state index contributed by atoms with van der Waals surface area (Å²) >= 11 is 0. The lowest BCUT2D eigenvalue weighted by atomic mass is 10.0. The van der Waals surface area contributed by atoms with Crippen molar-refractivity contribution in [1.29, 1.82) is 0 Å². The van der Waals surface area contributed by atoms with Gasteiger partial charge >= 0.3 is 0 Å². The van der Waals surface area contributed by atoms with Crippen LogP contribution in [0, 0.1) is 0 Å². The highest BCUT2D eigenvalue weighted by atomic mass is 16.5. The lowest BCUT2D eigenvalue weighted by molar-refractivity contribution is 0.0627. The fraction of sp³-hybridized carbons (Fsp3) is 0.676. The summed E-state index contributed by atoms with van der Waals surface area (Å²) in [5, 5.41) is 0. The van der Waals surface area contributed by atoms with Crippen molar-refractivity contribution < 1.29 is 9.47 Å². The van der Waals surface area contributed by atoms with E-state index in [1.54, 1.807) is 0 Å². The summed E-state index contributed by atoms with van der Waals surface area (Å²) in [6.07, 6.45) is 25.9. The van der Waals surface area contributed by atoms with Crippen LogP contribution in [0.25, 0.3) is 11.1 Å². The fourth-order valence-electron chi connectivity index (χ4n) is 5.24. The van der Waals surface area contributed by atoms with E-state index in [4.69, 9.17) is 9.47 Å². The van der Waals surface area contributed by atoms with E-state index >= 15 is 0 Å². The van der Waals surface area contributed by atoms with Crippen molar-refractivity contribution in [2.75, 3.05) is 13.2 Å². The Kier molecular flexibility index (Phi) is 19.7. The Morgan fingerprint density at radius 2 is 0.846 bits per heavy atom. The van der Waals surface area contributed by atoms with Gasteiger partial charge in [0.15, 0.2) is 0 Å². The smallest absolute Gasteiger partial charge is 0.119 e. The van der Waals surface area contributed by atoms with Gasteiger partial charge in [-0.1, -0.05) is 159 Å². The summed E-state index contributed by atoms with van der Waals surface area (Å²) in [4.78, 5) is 0. The van der Waals surface area contributed by atoms with Crippen LogP contribution in [0.5, 0.6) is 5.75 Å². The number of unbranched alkanes of at least 4 members (excludes halogenated alkanes) is 17. The van der Waals surface area contributed by atoms with Gasteiger partial charge in [0.25, 0.3) is 0 Å². The molecule has 0 heterocycles. The summed E-state index contributed by atoms with van der Waals surface area (Å²) in [5.74, 6) is 0.971. The van der Waals surface area contributed by atoms with Crippen molar-refractivity contribution in [3.63, 3.8) is 0 Å². The molecule has 0 aromatic heterocycles. The third-order valence-corrected chi connectivity index (χ3v) is 7.95. The maximum Gasteiger partial charge on any atom is 0.119 e. The first kappa shape index (κ1) is 33.4. The molecule has 220 valence electrons. The van der Waals surface area contributed by atoms with E-state index in [1.165, 1.54) is 132 Å². The minimum Gasteiger partial charge on any atom is -0.494 e. The Bertz CT molecular complexity index is 795. The molecule has 0 aliphatic carbocycles. The van der Waals surface area contributed by atoms with Crippen molar-refractivity contribution in [3.05, 3.63) is 54.1 Å². The van der Waals surface area contributed by atoms with Crippen molar-refractivity contribution in [1.82, 2.24) is 0 Å². The third-order valence-electron chi connectivity index (χ3n) is 7.95. The van der Waals surface area contributed by atoms with Crippen molar-refractivity contribution in [3.8, 4) is 16.9 Å². The van der Waals surface area contributed by atoms with Crippen LogP contribution in [0.3, 0.4) is 0 Å². The molecule has 0 spiro atoms. The predicted octanol–water partition coefficient (Wildman–Crippen LogP) is 12.3. The lowest BCUT2D eigenvalue weighted by Gasteiger charge is -2.14. The molecular formula is C37H60O2. The van der Waals surface area contributed by atoms with Gasteiger partial charge in [-0.15, -0.1) is 0 Å². The van der Waals surface area contributed by atoms with Gasteiger partial charge in [0.1, 0.15) is 5.75 Å². The number of benzene rings is 2. The second kappa shape index (κ2) is 23.0. The Labute approximate surface area is 242 Å². The van der Waals surface area contributed by atoms with Gasteiger partial charge in [0, 0.05) is 6.61 Å². The van der Waals surface area contributed by atoms with Crippen LogP contribution in [0.4, 0.5) is 0 Å². The van der Waals surface area contributed by atoms with E-state index < -0.39 is 0 Å². The van der Waals surface area contributed by atoms with Crippen LogP contribution in [-0.4, -0.2) is 13.2 Å². The average molecular weight is 537 g/mol. The van der Waals surface area contributed by atoms with Crippen molar-refractivity contribution >= 4 is 0 Å². The van der Waals surface area contributed by atoms with Crippen molar-refractivity contribution in [2.45, 2.75) is 149 Å². The number of hydrogen-bond donors (Lipinski definition) is 0. The molecule has 2 aromatic rings. The van der Waals surface area contributed by atoms with E-state index in [-0.39, 0.29) is 6.10 Å². The third kappa shape index (κ3) is 16.2. The minimum atomic E-state index is 0.147. The van der Waals surface area contributed by atoms with E-state index in [9.17, 15) is 0 Å². The Hall–Kier alpha value is -1.80. The van der Waals surface area contributed by atoms with Crippen LogP contribution in [0.1, 0.15) is 154 Å². The van der Waals surface area contributed by atoms with Gasteiger partial charge in [-0.2, -0.15) is 0 Å². The Morgan fingerprint density at radius 3 is 1.31 bits per heavy atom. The zero-order valence-corrected chi connectivity index (χ0v) is 25.9. The molecule has 0 saturated heterocycles. The second-order valence-corrected chi connectivity index (χ2v) is 11.5. The monoisotopic (exact) mass is 536 g/mol. The van der Waals surface area contributed by atoms with Crippen LogP contribution in [-0.2, 0) is 4.74 Å². The van der Waals surface area contributed by atoms with E-state index in [0.29, 0.717) is 0 Å². The highest BCUT2D eigenvalue weighted by Crippen LogP contribution is 2.26. The zero-order chi connectivity index (χ0) is 27.8. The topological polar surface area (TPSA) is 18.5 Å². The molecule has 0 radical (unpaired) electrons. The first-order valence-corrected chi connectivity index (χ1v) is 16.7. The quantitative estimate of drug-likeness (QED) is 0.117. The maximum absolute atomic E-state index is 6.15. The van der Waals surface area contributed by atoms with Crippen LogP contribution in [0.15, 0.2) is 48.5 Å². The molecule has 1 atom stereocenters. The molecule has 2 aromatic carbocycles. The SMILES string of the molecule is CCCCCCCCCCCCCCCOC(C)c1ccc(-c2ccc(OCCCCCCCC)cc2)cc1. The molecule has 0 aliphatic rings. The number of rotatable bonds is 25. The summed E-state index contributed by atoms with van der Waals surface area (Å²) in [6.45, 7) is 8.41. The van der Waals surface area contributed by atoms with Gasteiger partial charge in [0.2, 0.25) is 0 Å². The Balaban J connectivity index is 1.52. The molecule has 0 saturated carbocycles. The highest BCUT2D eigenvalue weighted by Gasteiger charge is 2.07. The van der Waals surface area contributed by atoms with E-state index in [0.717, 1.165) is 25.4 Å². The molecule has 0 fully saturated rings. The normalized spacial score (nSPS) is 12.1. The minimum absolute atomic E-state index is 0.147. The van der Waals surface area contributed by atoms with E-state index in [1.807, 2.05) is 0 Å². The lowest BCUT2D eigenvalue weighted by Crippen LogP contribution is -2.01. The molecule has 2 rings (SSSR count). The molecule has 0 N–H and O–H groups in total. The first-order chi connectivity index (χ1) is 19.2. The van der Waals surface area contributed by atoms with Crippen LogP contribution in [0.2, 0.25) is 0 Å². The molecule has 2 heteroatoms. The highest BCUT2D eigenvalue weighted by molar-refractivity contribution is 5.64. The first-order valence-electron chi connectivity index (χ1n) is 16.7. The molecule has 1 unspecified atom stereocenters. The summed E-state index contributed by atoms with van der Waals surface area (Å²) in [6, 6.07) is 17.4. The maximum atomic E-state index is 6.15. The van der Waals surface area contributed by atoms with Gasteiger partial charge < -0.3 is 9.47 Å². The van der Waals surface area contributed by atoms with Gasteiger partial charge in [-0.05, 0) is 48.6 Å². The van der Waals surface area contributed by atoms with E-state index in [2.05, 4.69) is 69.3 Å². The zero-order valence-electron chi connectivity index (χ0n) is 25.9. The fourth-order valence-corrected chi connectivity index (χ4v) is 5.24. The average Bonchev–Trinajstić information content (AvgIpc) is 2.97. The Morgan fingerprint density at radius 1 is 0.462 bits per heavy atom. The predicted molar refractivity (Wildman–Crippen MR) is 171 cm³/mol. The molecule has 0 bridgehead atoms. The standard InChI is InChI=1S/C37H60O2/c1-4-6-8-10-12-13-14-15-16-17-18-20-21-31-38-33(3)34-23-25-35(26-24-34)36-27-29-37(30-28-36)39-32-22-19-11-9-7-5-2/h23-30,33H,4-22,31-32H2,1-3H3. The summed E-state index contributed by atoms with van der Waals surface area (Å²) < 4.78 is 12.1. The van der Waals surface area contributed by atoms with Crippen LogP contribution >= 0.6 is 0 Å². The largest absolute Gasteiger partial charge is 0.494 e. The summed E-state index contributed by atoms with van der Waals surface area (Å²) in [5.41, 5.74) is 3.73. The number of ether oxygens (including phenoxy) is 2. The van der Waals surface area contributed by atoms with Gasteiger partial charge in [-0.3, -0.25) is 0 Å². The summed E-state index contributed by atoms with van der Waals surface area (Å²) in [7, 11) is 0.